The van der Waals surface area contributed by atoms with Crippen molar-refractivity contribution in [3.8, 4) is 0 Å². The topological polar surface area (TPSA) is 85.2 Å². The number of carbonyl (C=O) groups is 2. The van der Waals surface area contributed by atoms with Gasteiger partial charge in [-0.15, -0.1) is 0 Å². The van der Waals surface area contributed by atoms with Crippen LogP contribution in [0.4, 0.5) is 10.5 Å². The Balaban J connectivity index is 2.51. The Morgan fingerprint density at radius 2 is 2.31 bits per heavy atom. The molecule has 2 amide bonds. The number of amides is 2. The molecule has 0 aliphatic carbocycles. The lowest BCUT2D eigenvalue weighted by Gasteiger charge is -2.01. The standard InChI is InChI=1S/C9H14N4O3/c1-3-16-9(15)12-7-4-11-13(5-7)6-8(14)10-2/h4-5H,3,6H2,1-2H3,(H,10,14)(H,12,15). The van der Waals surface area contributed by atoms with Gasteiger partial charge in [-0.05, 0) is 6.92 Å². The zero-order chi connectivity index (χ0) is 12.0. The molecule has 2 N–H and O–H groups in total. The summed E-state index contributed by atoms with van der Waals surface area (Å²) in [6.45, 7) is 2.13. The highest BCUT2D eigenvalue weighted by atomic mass is 16.5. The Morgan fingerprint density at radius 3 is 2.94 bits per heavy atom. The summed E-state index contributed by atoms with van der Waals surface area (Å²) < 4.78 is 6.11. The fourth-order valence-electron chi connectivity index (χ4n) is 1.03. The van der Waals surface area contributed by atoms with Crippen LogP contribution in [-0.2, 0) is 16.1 Å². The number of aromatic nitrogens is 2. The number of carbonyl (C=O) groups excluding carboxylic acids is 2. The van der Waals surface area contributed by atoms with Crippen molar-refractivity contribution in [2.45, 2.75) is 13.5 Å². The largest absolute Gasteiger partial charge is 0.450 e. The van der Waals surface area contributed by atoms with Crippen LogP contribution in [0.3, 0.4) is 0 Å². The van der Waals surface area contributed by atoms with Gasteiger partial charge in [0, 0.05) is 13.2 Å². The molecule has 0 aliphatic heterocycles. The minimum atomic E-state index is -0.540. The van der Waals surface area contributed by atoms with Crippen LogP contribution in [0.25, 0.3) is 0 Å². The van der Waals surface area contributed by atoms with Crippen LogP contribution in [0.2, 0.25) is 0 Å². The minimum absolute atomic E-state index is 0.112. The van der Waals surface area contributed by atoms with Crippen LogP contribution >= 0.6 is 0 Å². The summed E-state index contributed by atoms with van der Waals surface area (Å²) in [5.74, 6) is -0.161. The van der Waals surface area contributed by atoms with Crippen molar-refractivity contribution in [2.24, 2.45) is 0 Å². The molecule has 1 rings (SSSR count). The van der Waals surface area contributed by atoms with Crippen molar-refractivity contribution in [3.05, 3.63) is 12.4 Å². The van der Waals surface area contributed by atoms with Crippen LogP contribution in [0, 0.1) is 0 Å². The maximum atomic E-state index is 11.1. The van der Waals surface area contributed by atoms with Crippen LogP contribution < -0.4 is 10.6 Å². The molecule has 1 aromatic rings. The first-order chi connectivity index (χ1) is 7.65. The highest BCUT2D eigenvalue weighted by Gasteiger charge is 2.06. The lowest BCUT2D eigenvalue weighted by atomic mass is 10.5. The van der Waals surface area contributed by atoms with Crippen LogP contribution in [-0.4, -0.2) is 35.4 Å². The zero-order valence-electron chi connectivity index (χ0n) is 9.19. The maximum Gasteiger partial charge on any atom is 0.411 e. The van der Waals surface area contributed by atoms with Crippen LogP contribution in [0.1, 0.15) is 6.92 Å². The van der Waals surface area contributed by atoms with E-state index in [1.54, 1.807) is 20.2 Å². The molecule has 0 saturated carbocycles. The Morgan fingerprint density at radius 1 is 1.56 bits per heavy atom. The van der Waals surface area contributed by atoms with Gasteiger partial charge >= 0.3 is 6.09 Å². The fourth-order valence-corrected chi connectivity index (χ4v) is 1.03. The van der Waals surface area contributed by atoms with Gasteiger partial charge in [0.2, 0.25) is 5.91 Å². The molecule has 0 radical (unpaired) electrons. The number of hydrogen-bond donors (Lipinski definition) is 2. The minimum Gasteiger partial charge on any atom is -0.450 e. The van der Waals surface area contributed by atoms with Crippen molar-refractivity contribution in [1.82, 2.24) is 15.1 Å². The summed E-state index contributed by atoms with van der Waals surface area (Å²) in [6.07, 6.45) is 2.45. The average Bonchev–Trinajstić information content (AvgIpc) is 2.65. The quantitative estimate of drug-likeness (QED) is 0.767. The second kappa shape index (κ2) is 5.74. The Labute approximate surface area is 92.8 Å². The molecule has 0 bridgehead atoms. The molecule has 7 heteroatoms. The van der Waals surface area contributed by atoms with Crippen molar-refractivity contribution in [2.75, 3.05) is 19.0 Å². The molecule has 7 nitrogen and oxygen atoms in total. The lowest BCUT2D eigenvalue weighted by molar-refractivity contribution is -0.121. The summed E-state index contributed by atoms with van der Waals surface area (Å²) in [7, 11) is 1.55. The predicted molar refractivity (Wildman–Crippen MR) is 56.9 cm³/mol. The van der Waals surface area contributed by atoms with Crippen molar-refractivity contribution in [1.29, 1.82) is 0 Å². The smallest absolute Gasteiger partial charge is 0.411 e. The van der Waals surface area contributed by atoms with E-state index in [9.17, 15) is 9.59 Å². The van der Waals surface area contributed by atoms with Gasteiger partial charge in [0.15, 0.2) is 0 Å². The first kappa shape index (κ1) is 12.0. The second-order valence-electron chi connectivity index (χ2n) is 2.95. The highest BCUT2D eigenvalue weighted by Crippen LogP contribution is 2.04. The average molecular weight is 226 g/mol. The number of rotatable bonds is 4. The molecular weight excluding hydrogens is 212 g/mol. The number of nitrogens with zero attached hydrogens (tertiary/aromatic N) is 2. The molecule has 0 atom stereocenters. The molecule has 1 aromatic heterocycles. The van der Waals surface area contributed by atoms with E-state index in [1.165, 1.54) is 10.9 Å². The van der Waals surface area contributed by atoms with Gasteiger partial charge in [-0.1, -0.05) is 0 Å². The molecule has 0 spiro atoms. The van der Waals surface area contributed by atoms with E-state index < -0.39 is 6.09 Å². The SMILES string of the molecule is CCOC(=O)Nc1cnn(CC(=O)NC)c1. The Hall–Kier alpha value is -2.05. The third-order valence-corrected chi connectivity index (χ3v) is 1.74. The Kier molecular flexibility index (Phi) is 4.31. The summed E-state index contributed by atoms with van der Waals surface area (Å²) >= 11 is 0. The van der Waals surface area contributed by atoms with E-state index in [1.807, 2.05) is 0 Å². The third-order valence-electron chi connectivity index (χ3n) is 1.74. The first-order valence-electron chi connectivity index (χ1n) is 4.82. The van der Waals surface area contributed by atoms with Gasteiger partial charge in [-0.3, -0.25) is 14.8 Å². The molecular formula is C9H14N4O3. The van der Waals surface area contributed by atoms with Crippen molar-refractivity contribution < 1.29 is 14.3 Å². The van der Waals surface area contributed by atoms with E-state index in [2.05, 4.69) is 15.7 Å². The maximum absolute atomic E-state index is 11.1. The zero-order valence-corrected chi connectivity index (χ0v) is 9.19. The second-order valence-corrected chi connectivity index (χ2v) is 2.95. The van der Waals surface area contributed by atoms with E-state index in [0.717, 1.165) is 0 Å². The molecule has 88 valence electrons. The Bertz CT molecular complexity index is 375. The fraction of sp³-hybridized carbons (Fsp3) is 0.444. The van der Waals surface area contributed by atoms with E-state index in [-0.39, 0.29) is 12.5 Å². The molecule has 16 heavy (non-hydrogen) atoms. The number of hydrogen-bond acceptors (Lipinski definition) is 4. The molecule has 0 unspecified atom stereocenters. The van der Waals surface area contributed by atoms with E-state index in [4.69, 9.17) is 4.74 Å². The third kappa shape index (κ3) is 3.60. The summed E-state index contributed by atoms with van der Waals surface area (Å²) in [4.78, 5) is 22.1. The summed E-state index contributed by atoms with van der Waals surface area (Å²) in [6, 6.07) is 0. The van der Waals surface area contributed by atoms with Crippen LogP contribution in [0.5, 0.6) is 0 Å². The van der Waals surface area contributed by atoms with Gasteiger partial charge < -0.3 is 10.1 Å². The highest BCUT2D eigenvalue weighted by molar-refractivity contribution is 5.84. The normalized spacial score (nSPS) is 9.62. The molecule has 0 fully saturated rings. The first-order valence-corrected chi connectivity index (χ1v) is 4.82. The van der Waals surface area contributed by atoms with Crippen molar-refractivity contribution in [3.63, 3.8) is 0 Å². The van der Waals surface area contributed by atoms with Gasteiger partial charge in [-0.25, -0.2) is 4.79 Å². The van der Waals surface area contributed by atoms with Gasteiger partial charge in [0.05, 0.1) is 18.5 Å². The molecule has 1 heterocycles. The number of anilines is 1. The summed E-state index contributed by atoms with van der Waals surface area (Å²) in [5.41, 5.74) is 0.488. The number of ether oxygens (including phenoxy) is 1. The monoisotopic (exact) mass is 226 g/mol. The van der Waals surface area contributed by atoms with Gasteiger partial charge in [-0.2, -0.15) is 5.10 Å². The summed E-state index contributed by atoms with van der Waals surface area (Å²) in [5, 5.41) is 8.85. The molecule has 0 aromatic carbocycles. The molecule has 0 aliphatic rings. The van der Waals surface area contributed by atoms with E-state index in [0.29, 0.717) is 12.3 Å². The predicted octanol–water partition coefficient (Wildman–Crippen LogP) is 0.197. The van der Waals surface area contributed by atoms with Gasteiger partial charge in [0.1, 0.15) is 6.54 Å². The number of nitrogens with one attached hydrogen (secondary N) is 2. The van der Waals surface area contributed by atoms with Gasteiger partial charge in [0.25, 0.3) is 0 Å². The van der Waals surface area contributed by atoms with Crippen LogP contribution in [0.15, 0.2) is 12.4 Å². The van der Waals surface area contributed by atoms with Crippen molar-refractivity contribution >= 4 is 17.7 Å². The van der Waals surface area contributed by atoms with E-state index >= 15 is 0 Å². The lowest BCUT2D eigenvalue weighted by Crippen LogP contribution is -2.23. The number of likely N-dealkylation sites (N-methyl/N-ethyl adjacent to an activating group) is 1. The molecule has 0 saturated heterocycles.